The summed E-state index contributed by atoms with van der Waals surface area (Å²) in [6, 6.07) is 6.86. The topological polar surface area (TPSA) is 101 Å². The van der Waals surface area contributed by atoms with Crippen molar-refractivity contribution < 1.29 is 17.9 Å². The van der Waals surface area contributed by atoms with Gasteiger partial charge in [0.15, 0.2) is 0 Å². The summed E-state index contributed by atoms with van der Waals surface area (Å²) >= 11 is 0. The second kappa shape index (κ2) is 8.57. The molecule has 166 valence electrons. The Kier molecular flexibility index (Phi) is 6.00. The number of aromatic nitrogens is 1. The zero-order valence-electron chi connectivity index (χ0n) is 18.0. The smallest absolute Gasteiger partial charge is 0.243 e. The maximum Gasteiger partial charge on any atom is 0.243 e. The molecule has 8 nitrogen and oxygen atoms in total. The van der Waals surface area contributed by atoms with E-state index in [1.807, 2.05) is 30.1 Å². The van der Waals surface area contributed by atoms with Crippen LogP contribution in [0.2, 0.25) is 0 Å². The molecular formula is C22H28N4O4S. The number of pyridine rings is 1. The third kappa shape index (κ3) is 4.58. The number of nitrogens with one attached hydrogen (secondary N) is 2. The van der Waals surface area contributed by atoms with E-state index in [-0.39, 0.29) is 5.91 Å². The van der Waals surface area contributed by atoms with Gasteiger partial charge in [-0.25, -0.2) is 18.1 Å². The number of fused-ring (bicyclic) bond motifs is 1. The van der Waals surface area contributed by atoms with Crippen molar-refractivity contribution in [1.82, 2.24) is 14.6 Å². The van der Waals surface area contributed by atoms with E-state index in [1.165, 1.54) is 5.56 Å². The summed E-state index contributed by atoms with van der Waals surface area (Å²) in [5, 5.41) is 3.16. The van der Waals surface area contributed by atoms with Crippen molar-refractivity contribution in [3.8, 4) is 17.0 Å². The first-order chi connectivity index (χ1) is 14.8. The lowest BCUT2D eigenvalue weighted by Crippen LogP contribution is -2.50. The van der Waals surface area contributed by atoms with Crippen molar-refractivity contribution >= 4 is 21.6 Å². The molecule has 31 heavy (non-hydrogen) atoms. The van der Waals surface area contributed by atoms with E-state index in [1.54, 1.807) is 13.3 Å². The van der Waals surface area contributed by atoms with Gasteiger partial charge in [0.2, 0.25) is 21.8 Å². The molecule has 1 saturated heterocycles. The van der Waals surface area contributed by atoms with Crippen LogP contribution < -0.4 is 14.8 Å². The lowest BCUT2D eigenvalue weighted by molar-refractivity contribution is -0.120. The number of likely N-dealkylation sites (tertiary alicyclic amines) is 1. The molecule has 2 aliphatic rings. The molecular weight excluding hydrogens is 416 g/mol. The number of ether oxygens (including phenoxy) is 1. The van der Waals surface area contributed by atoms with E-state index >= 15 is 0 Å². The lowest BCUT2D eigenvalue weighted by atomic mass is 9.97. The van der Waals surface area contributed by atoms with Crippen LogP contribution in [0.15, 0.2) is 30.5 Å². The number of sulfonamides is 1. The molecule has 0 bridgehead atoms. The quantitative estimate of drug-likeness (QED) is 0.705. The number of nitrogens with zero attached hydrogens (tertiary/aromatic N) is 2. The molecule has 0 radical (unpaired) electrons. The van der Waals surface area contributed by atoms with Crippen molar-refractivity contribution in [1.29, 1.82) is 0 Å². The van der Waals surface area contributed by atoms with Crippen LogP contribution in [0.4, 0.5) is 5.69 Å². The molecule has 1 aromatic carbocycles. The number of methoxy groups -OCH3 is 1. The van der Waals surface area contributed by atoms with Crippen molar-refractivity contribution in [2.45, 2.75) is 37.8 Å². The maximum absolute atomic E-state index is 13.4. The Labute approximate surface area is 183 Å². The summed E-state index contributed by atoms with van der Waals surface area (Å²) in [5.41, 5.74) is 5.00. The number of carbonyl (C=O) groups excluding carboxylic acids is 1. The number of hydrogen-bond acceptors (Lipinski definition) is 6. The van der Waals surface area contributed by atoms with Gasteiger partial charge in [0, 0.05) is 30.4 Å². The second-order valence-electron chi connectivity index (χ2n) is 8.27. The highest BCUT2D eigenvalue weighted by Crippen LogP contribution is 2.38. The standard InChI is InChI=1S/C22H28N4O4S/c1-26-12-10-18(25-31(3,28)29)21(26)22(27)24-20-16-6-4-5-14(16)7-8-17(20)15-9-11-23-19(13-15)30-2/h7-9,11,13,18,21,25H,4-6,10,12H2,1-3H3,(H,24,27). The second-order valence-corrected chi connectivity index (χ2v) is 10.0. The van der Waals surface area contributed by atoms with E-state index in [0.717, 1.165) is 47.9 Å². The number of carbonyl (C=O) groups is 1. The van der Waals surface area contributed by atoms with Gasteiger partial charge in [-0.3, -0.25) is 9.69 Å². The molecule has 2 atom stereocenters. The minimum atomic E-state index is -3.42. The summed E-state index contributed by atoms with van der Waals surface area (Å²) in [4.78, 5) is 19.5. The van der Waals surface area contributed by atoms with Crippen molar-refractivity contribution in [2.24, 2.45) is 0 Å². The third-order valence-corrected chi connectivity index (χ3v) is 6.80. The van der Waals surface area contributed by atoms with E-state index < -0.39 is 22.1 Å². The predicted octanol–water partition coefficient (Wildman–Crippen LogP) is 1.81. The molecule has 2 N–H and O–H groups in total. The Morgan fingerprint density at radius 1 is 1.26 bits per heavy atom. The number of likely N-dealkylation sites (N-methyl/N-ethyl adjacent to an activating group) is 1. The zero-order chi connectivity index (χ0) is 22.2. The van der Waals surface area contributed by atoms with Crippen LogP contribution in [0.1, 0.15) is 24.0 Å². The average Bonchev–Trinajstić information content (AvgIpc) is 3.33. The monoisotopic (exact) mass is 444 g/mol. The highest BCUT2D eigenvalue weighted by Gasteiger charge is 2.39. The van der Waals surface area contributed by atoms with E-state index in [9.17, 15) is 13.2 Å². The molecule has 1 aliphatic heterocycles. The summed E-state index contributed by atoms with van der Waals surface area (Å²) < 4.78 is 31.5. The average molecular weight is 445 g/mol. The van der Waals surface area contributed by atoms with Crippen molar-refractivity contribution in [3.63, 3.8) is 0 Å². The first kappa shape index (κ1) is 21.7. The van der Waals surface area contributed by atoms with Crippen LogP contribution in [0, 0.1) is 0 Å². The third-order valence-electron chi connectivity index (χ3n) is 6.07. The number of amides is 1. The van der Waals surface area contributed by atoms with Crippen LogP contribution in [-0.2, 0) is 27.7 Å². The predicted molar refractivity (Wildman–Crippen MR) is 120 cm³/mol. The van der Waals surface area contributed by atoms with Gasteiger partial charge < -0.3 is 10.1 Å². The van der Waals surface area contributed by atoms with Gasteiger partial charge in [0.05, 0.1) is 19.1 Å². The van der Waals surface area contributed by atoms with Crippen molar-refractivity contribution in [2.75, 3.05) is 32.3 Å². The van der Waals surface area contributed by atoms with Gasteiger partial charge in [-0.1, -0.05) is 12.1 Å². The highest BCUT2D eigenvalue weighted by molar-refractivity contribution is 7.88. The first-order valence-electron chi connectivity index (χ1n) is 10.4. The van der Waals surface area contributed by atoms with Crippen LogP contribution in [0.3, 0.4) is 0 Å². The molecule has 1 aromatic heterocycles. The summed E-state index contributed by atoms with van der Waals surface area (Å²) in [5.74, 6) is 0.298. The van der Waals surface area contributed by atoms with Crippen LogP contribution in [-0.4, -0.2) is 63.3 Å². The number of benzene rings is 1. The Hall–Kier alpha value is -2.49. The molecule has 2 aromatic rings. The molecule has 4 rings (SSSR count). The van der Waals surface area contributed by atoms with Crippen LogP contribution >= 0.6 is 0 Å². The number of hydrogen-bond donors (Lipinski definition) is 2. The fourth-order valence-electron chi connectivity index (χ4n) is 4.66. The largest absolute Gasteiger partial charge is 0.481 e. The SMILES string of the molecule is COc1cc(-c2ccc3c(c2NC(=O)C2C(NS(C)(=O)=O)CCN2C)CCC3)ccn1. The van der Waals surface area contributed by atoms with Gasteiger partial charge in [-0.15, -0.1) is 0 Å². The van der Waals surface area contributed by atoms with Crippen molar-refractivity contribution in [3.05, 3.63) is 41.6 Å². The first-order valence-corrected chi connectivity index (χ1v) is 12.3. The Morgan fingerprint density at radius 3 is 2.81 bits per heavy atom. The van der Waals surface area contributed by atoms with Gasteiger partial charge in [0.1, 0.15) is 6.04 Å². The number of anilines is 1. The molecule has 0 spiro atoms. The fraction of sp³-hybridized carbons (Fsp3) is 0.455. The van der Waals surface area contributed by atoms with Gasteiger partial charge in [0.25, 0.3) is 0 Å². The van der Waals surface area contributed by atoms with Gasteiger partial charge in [-0.05, 0) is 55.5 Å². The molecule has 0 saturated carbocycles. The molecule has 9 heteroatoms. The molecule has 2 heterocycles. The number of aryl methyl sites for hydroxylation is 1. The Bertz CT molecular complexity index is 1100. The van der Waals surface area contributed by atoms with E-state index in [4.69, 9.17) is 4.74 Å². The zero-order valence-corrected chi connectivity index (χ0v) is 18.8. The minimum absolute atomic E-state index is 0.205. The Balaban J connectivity index is 1.70. The summed E-state index contributed by atoms with van der Waals surface area (Å²) in [6.07, 6.45) is 6.32. The van der Waals surface area contributed by atoms with Gasteiger partial charge >= 0.3 is 0 Å². The number of rotatable bonds is 6. The molecule has 1 amide bonds. The van der Waals surface area contributed by atoms with E-state index in [2.05, 4.69) is 21.1 Å². The van der Waals surface area contributed by atoms with Gasteiger partial charge in [-0.2, -0.15) is 0 Å². The molecule has 1 fully saturated rings. The molecule has 2 unspecified atom stereocenters. The fourth-order valence-corrected chi connectivity index (χ4v) is 5.46. The normalized spacial score (nSPS) is 21.1. The van der Waals surface area contributed by atoms with E-state index in [0.29, 0.717) is 18.8 Å². The lowest BCUT2D eigenvalue weighted by Gasteiger charge is -2.25. The molecule has 1 aliphatic carbocycles. The summed E-state index contributed by atoms with van der Waals surface area (Å²) in [7, 11) is 0.00111. The van der Waals surface area contributed by atoms with Crippen LogP contribution in [0.5, 0.6) is 5.88 Å². The maximum atomic E-state index is 13.4. The summed E-state index contributed by atoms with van der Waals surface area (Å²) in [6.45, 7) is 0.645. The highest BCUT2D eigenvalue weighted by atomic mass is 32.2. The van der Waals surface area contributed by atoms with Crippen LogP contribution in [0.25, 0.3) is 11.1 Å². The minimum Gasteiger partial charge on any atom is -0.481 e. The Morgan fingerprint density at radius 2 is 2.06 bits per heavy atom.